The average Bonchev–Trinajstić information content (AvgIpc) is 2.63. The van der Waals surface area contributed by atoms with Crippen LogP contribution in [0.2, 0.25) is 0 Å². The van der Waals surface area contributed by atoms with Gasteiger partial charge in [0.15, 0.2) is 11.9 Å². The zero-order valence-electron chi connectivity index (χ0n) is 12.7. The summed E-state index contributed by atoms with van der Waals surface area (Å²) in [5.41, 5.74) is -0.403. The van der Waals surface area contributed by atoms with Gasteiger partial charge in [-0.3, -0.25) is 13.7 Å². The van der Waals surface area contributed by atoms with Crippen LogP contribution in [0.25, 0.3) is 0 Å². The fourth-order valence-corrected chi connectivity index (χ4v) is 0.823. The van der Waals surface area contributed by atoms with Gasteiger partial charge in [-0.2, -0.15) is 0 Å². The molecule has 0 saturated heterocycles. The van der Waals surface area contributed by atoms with Crippen molar-refractivity contribution >= 4 is 16.4 Å². The number of hydrogen-bond donors (Lipinski definition) is 5. The van der Waals surface area contributed by atoms with Gasteiger partial charge in [-0.1, -0.05) is 0 Å². The third-order valence-corrected chi connectivity index (χ3v) is 1.75. The molecule has 0 amide bonds. The fraction of sp³-hybridized carbons (Fsp3) is 0.700. The maximum atomic E-state index is 10.5. The molecule has 0 spiro atoms. The van der Waals surface area contributed by atoms with Crippen molar-refractivity contribution in [3.63, 3.8) is 0 Å². The molecule has 1 rings (SSSR count). The summed E-state index contributed by atoms with van der Waals surface area (Å²) in [4.78, 5) is 14.5. The normalized spacial score (nSPS) is 18.3. The van der Waals surface area contributed by atoms with Crippen LogP contribution in [0.3, 0.4) is 0 Å². The molecule has 0 aliphatic carbocycles. The molecule has 0 fully saturated rings. The van der Waals surface area contributed by atoms with Crippen molar-refractivity contribution in [1.82, 2.24) is 0 Å². The van der Waals surface area contributed by atoms with Crippen molar-refractivity contribution in [3.8, 4) is 0 Å². The van der Waals surface area contributed by atoms with Crippen LogP contribution in [0.15, 0.2) is 11.5 Å². The van der Waals surface area contributed by atoms with Crippen LogP contribution >= 0.6 is 0 Å². The minimum absolute atomic E-state index is 0. The van der Waals surface area contributed by atoms with Gasteiger partial charge in [0.2, 0.25) is 5.76 Å². The van der Waals surface area contributed by atoms with E-state index in [1.807, 2.05) is 0 Å². The topological polar surface area (TPSA) is 217 Å². The molecule has 0 radical (unpaired) electrons. The van der Waals surface area contributed by atoms with Crippen molar-refractivity contribution in [2.24, 2.45) is 0 Å². The van der Waals surface area contributed by atoms with E-state index in [-0.39, 0.29) is 17.1 Å². The number of esters is 1. The van der Waals surface area contributed by atoms with E-state index in [1.165, 1.54) is 0 Å². The van der Waals surface area contributed by atoms with Gasteiger partial charge in [-0.15, -0.1) is 0 Å². The maximum absolute atomic E-state index is 10.5. The van der Waals surface area contributed by atoms with E-state index < -0.39 is 52.3 Å². The molecule has 0 bridgehead atoms. The smallest absolute Gasteiger partial charge is 0.759 e. The molecule has 0 aromatic rings. The summed E-state index contributed by atoms with van der Waals surface area (Å²) in [6.07, 6.45) is -2.78. The molecule has 1 aliphatic rings. The van der Waals surface area contributed by atoms with Crippen molar-refractivity contribution in [2.45, 2.75) is 38.6 Å². The number of hydrogen-bond acceptors (Lipinski definition) is 12. The molecule has 12 nitrogen and oxygen atoms in total. The summed E-state index contributed by atoms with van der Waals surface area (Å²) in [5, 5.41) is 42.9. The molecular formula is C10H18FeO12S. The third kappa shape index (κ3) is 14.6. The van der Waals surface area contributed by atoms with E-state index in [0.29, 0.717) is 0 Å². The van der Waals surface area contributed by atoms with Crippen molar-refractivity contribution in [1.29, 1.82) is 0 Å². The van der Waals surface area contributed by atoms with Gasteiger partial charge >= 0.3 is 23.0 Å². The molecule has 5 N–H and O–H groups in total. The second-order valence-corrected chi connectivity index (χ2v) is 5.74. The summed E-state index contributed by atoms with van der Waals surface area (Å²) in [6, 6.07) is 0. The molecule has 0 unspecified atom stereocenters. The Morgan fingerprint density at radius 3 is 1.79 bits per heavy atom. The quantitative estimate of drug-likeness (QED) is 0.0867. The van der Waals surface area contributed by atoms with E-state index in [2.05, 4.69) is 9.62 Å². The molecule has 24 heavy (non-hydrogen) atoms. The Morgan fingerprint density at radius 2 is 1.62 bits per heavy atom. The fourth-order valence-electron chi connectivity index (χ4n) is 0.823. The minimum Gasteiger partial charge on any atom is -0.759 e. The van der Waals surface area contributed by atoms with Gasteiger partial charge in [-0.05, 0) is 20.8 Å². The number of carbonyl (C=O) groups is 1. The van der Waals surface area contributed by atoms with E-state index in [9.17, 15) is 4.79 Å². The van der Waals surface area contributed by atoms with Gasteiger partial charge in [-0.25, -0.2) is 9.68 Å². The predicted octanol–water partition coefficient (Wildman–Crippen LogP) is -1.47. The largest absolute Gasteiger partial charge is 2.00 e. The van der Waals surface area contributed by atoms with E-state index >= 15 is 0 Å². The van der Waals surface area contributed by atoms with Crippen molar-refractivity contribution < 1.29 is 74.7 Å². The first-order valence-corrected chi connectivity index (χ1v) is 7.08. The van der Waals surface area contributed by atoms with E-state index in [4.69, 9.17) is 43.2 Å². The Balaban J connectivity index is -0.000000313. The molecule has 0 saturated carbocycles. The molecule has 1 aliphatic heterocycles. The number of cyclic esters (lactones) is 1. The van der Waals surface area contributed by atoms with Crippen LogP contribution in [-0.2, 0) is 41.9 Å². The average molecular weight is 418 g/mol. The summed E-state index contributed by atoms with van der Waals surface area (Å²) >= 11 is 0. The number of rotatable bonds is 2. The summed E-state index contributed by atoms with van der Waals surface area (Å²) in [7, 11) is -5.17. The second-order valence-electron chi connectivity index (χ2n) is 4.92. The van der Waals surface area contributed by atoms with Crippen LogP contribution in [0.4, 0.5) is 0 Å². The Labute approximate surface area is 148 Å². The SMILES string of the molecule is CC(C)(C)OO.O=C1O[C@H]([C@@H](O)CO)C(O)=C1O.O=S(=O)([O-])[O-].[Fe+2]. The van der Waals surface area contributed by atoms with Crippen molar-refractivity contribution in [3.05, 3.63) is 11.5 Å². The van der Waals surface area contributed by atoms with Gasteiger partial charge in [0.1, 0.15) is 6.10 Å². The standard InChI is InChI=1S/C6H8O6.C4H10O2.Fe.H2O4S/c7-1-2(8)5-3(9)4(10)6(11)12-5;1-4(2,3)6-5;;1-5(2,3)4/h2,5,7-10H,1H2;5H,1-3H3;;(H2,1,2,3,4)/q;;+2;/p-2/t2-,5+;;;/m0.../s1. The summed E-state index contributed by atoms with van der Waals surface area (Å²) in [5.74, 6) is -2.78. The second kappa shape index (κ2) is 11.6. The summed E-state index contributed by atoms with van der Waals surface area (Å²) < 4.78 is 38.4. The molecule has 0 aromatic carbocycles. The van der Waals surface area contributed by atoms with Gasteiger partial charge in [0, 0.05) is 10.4 Å². The monoisotopic (exact) mass is 418 g/mol. The first kappa shape index (κ1) is 27.9. The predicted molar refractivity (Wildman–Crippen MR) is 69.2 cm³/mol. The van der Waals surface area contributed by atoms with E-state index in [1.54, 1.807) is 20.8 Å². The Morgan fingerprint density at radius 1 is 1.29 bits per heavy atom. The molecule has 14 heteroatoms. The Hall–Kier alpha value is -0.961. The molecule has 2 atom stereocenters. The van der Waals surface area contributed by atoms with Gasteiger partial charge in [0.25, 0.3) is 0 Å². The van der Waals surface area contributed by atoms with Crippen LogP contribution in [-0.4, -0.2) is 73.6 Å². The summed E-state index contributed by atoms with van der Waals surface area (Å²) in [6.45, 7) is 4.64. The van der Waals surface area contributed by atoms with Crippen LogP contribution in [0.1, 0.15) is 20.8 Å². The Kier molecular flexibility index (Phi) is 13.4. The molecule has 0 aromatic heterocycles. The molecule has 144 valence electrons. The molecule has 1 heterocycles. The zero-order valence-corrected chi connectivity index (χ0v) is 14.6. The van der Waals surface area contributed by atoms with Gasteiger partial charge < -0.3 is 34.3 Å². The number of aliphatic hydroxyl groups excluding tert-OH is 4. The molecular weight excluding hydrogens is 400 g/mol. The minimum atomic E-state index is -5.17. The first-order valence-electron chi connectivity index (χ1n) is 5.75. The van der Waals surface area contributed by atoms with Crippen molar-refractivity contribution in [2.75, 3.05) is 6.61 Å². The van der Waals surface area contributed by atoms with Crippen LogP contribution in [0, 0.1) is 0 Å². The number of ether oxygens (including phenoxy) is 1. The third-order valence-electron chi connectivity index (χ3n) is 1.75. The van der Waals surface area contributed by atoms with Crippen LogP contribution < -0.4 is 0 Å². The van der Waals surface area contributed by atoms with Gasteiger partial charge in [0.05, 0.1) is 12.2 Å². The maximum Gasteiger partial charge on any atom is 2.00 e. The number of aliphatic hydroxyl groups is 4. The Bertz CT molecular complexity index is 500. The van der Waals surface area contributed by atoms with Crippen LogP contribution in [0.5, 0.6) is 0 Å². The zero-order chi connectivity index (χ0) is 19.0. The first-order chi connectivity index (χ1) is 10.1. The van der Waals surface area contributed by atoms with E-state index in [0.717, 1.165) is 0 Å². The number of carbonyl (C=O) groups excluding carboxylic acids is 1.